The van der Waals surface area contributed by atoms with Gasteiger partial charge in [-0.3, -0.25) is 4.79 Å². The second kappa shape index (κ2) is 4.97. The third kappa shape index (κ3) is 6.06. The highest BCUT2D eigenvalue weighted by Gasteiger charge is 2.32. The van der Waals surface area contributed by atoms with Crippen LogP contribution >= 0.6 is 0 Å². The van der Waals surface area contributed by atoms with Crippen LogP contribution in [0, 0.1) is 11.3 Å². The Labute approximate surface area is 106 Å². The van der Waals surface area contributed by atoms with Gasteiger partial charge in [-0.05, 0) is 44.4 Å². The lowest BCUT2D eigenvalue weighted by Gasteiger charge is -2.33. The highest BCUT2D eigenvalue weighted by Crippen LogP contribution is 2.33. The van der Waals surface area contributed by atoms with Crippen LogP contribution in [-0.2, 0) is 4.79 Å². The molecule has 0 aromatic heterocycles. The molecule has 1 rings (SSSR count). The van der Waals surface area contributed by atoms with Crippen LogP contribution in [0.4, 0.5) is 0 Å². The largest absolute Gasteiger partial charge is 0.351 e. The lowest BCUT2D eigenvalue weighted by molar-refractivity contribution is -0.123. The molecule has 100 valence electrons. The lowest BCUT2D eigenvalue weighted by Crippen LogP contribution is -2.47. The zero-order chi connectivity index (χ0) is 13.3. The first-order valence-electron chi connectivity index (χ1n) is 6.66. The van der Waals surface area contributed by atoms with E-state index >= 15 is 0 Å². The number of carbonyl (C=O) groups excluding carboxylic acids is 1. The van der Waals surface area contributed by atoms with E-state index in [1.165, 1.54) is 12.8 Å². The summed E-state index contributed by atoms with van der Waals surface area (Å²) in [6, 6.07) is 0.0560. The van der Waals surface area contributed by atoms with E-state index < -0.39 is 0 Å². The Bertz CT molecular complexity index is 274. The molecule has 3 nitrogen and oxygen atoms in total. The van der Waals surface area contributed by atoms with E-state index in [1.807, 2.05) is 0 Å². The molecule has 0 bridgehead atoms. The van der Waals surface area contributed by atoms with Crippen molar-refractivity contribution >= 4 is 5.91 Å². The highest BCUT2D eigenvalue weighted by atomic mass is 16.1. The summed E-state index contributed by atoms with van der Waals surface area (Å²) in [6.07, 6.45) is 3.82. The van der Waals surface area contributed by atoms with Crippen molar-refractivity contribution in [3.05, 3.63) is 0 Å². The molecule has 0 heterocycles. The summed E-state index contributed by atoms with van der Waals surface area (Å²) in [5.74, 6) is 0.685. The lowest BCUT2D eigenvalue weighted by atomic mass is 9.81. The molecule has 1 saturated carbocycles. The van der Waals surface area contributed by atoms with Gasteiger partial charge in [-0.15, -0.1) is 0 Å². The Balaban J connectivity index is 2.37. The van der Waals surface area contributed by atoms with E-state index in [9.17, 15) is 4.79 Å². The monoisotopic (exact) mass is 240 g/mol. The highest BCUT2D eigenvalue weighted by molar-refractivity contribution is 5.77. The summed E-state index contributed by atoms with van der Waals surface area (Å²) < 4.78 is 0. The average molecular weight is 240 g/mol. The number of amides is 1. The van der Waals surface area contributed by atoms with Crippen LogP contribution in [-0.4, -0.2) is 17.5 Å². The summed E-state index contributed by atoms with van der Waals surface area (Å²) >= 11 is 0. The van der Waals surface area contributed by atoms with Gasteiger partial charge in [0.2, 0.25) is 5.91 Å². The summed E-state index contributed by atoms with van der Waals surface area (Å²) in [5, 5.41) is 3.11. The van der Waals surface area contributed by atoms with Gasteiger partial charge in [0.1, 0.15) is 0 Å². The quantitative estimate of drug-likeness (QED) is 0.775. The second-order valence-electron chi connectivity index (χ2n) is 7.37. The Morgan fingerprint density at radius 2 is 1.82 bits per heavy atom. The van der Waals surface area contributed by atoms with E-state index in [4.69, 9.17) is 5.73 Å². The van der Waals surface area contributed by atoms with Gasteiger partial charge in [0.15, 0.2) is 0 Å². The van der Waals surface area contributed by atoms with Crippen molar-refractivity contribution in [2.24, 2.45) is 17.1 Å². The summed E-state index contributed by atoms with van der Waals surface area (Å²) in [5.41, 5.74) is 6.03. The number of nitrogens with two attached hydrogens (primary N) is 1. The van der Waals surface area contributed by atoms with Crippen LogP contribution in [0.3, 0.4) is 0 Å². The summed E-state index contributed by atoms with van der Waals surface area (Å²) in [7, 11) is 0. The number of rotatable bonds is 5. The fraction of sp³-hybridized carbons (Fsp3) is 0.929. The molecular weight excluding hydrogens is 212 g/mol. The molecule has 1 unspecified atom stereocenters. The second-order valence-corrected chi connectivity index (χ2v) is 7.37. The van der Waals surface area contributed by atoms with Crippen molar-refractivity contribution in [3.63, 3.8) is 0 Å². The van der Waals surface area contributed by atoms with Crippen molar-refractivity contribution in [1.82, 2.24) is 5.32 Å². The Kier molecular flexibility index (Phi) is 4.23. The smallest absolute Gasteiger partial charge is 0.221 e. The molecule has 0 aliphatic heterocycles. The van der Waals surface area contributed by atoms with Crippen LogP contribution in [0.15, 0.2) is 0 Å². The first-order chi connectivity index (χ1) is 7.59. The van der Waals surface area contributed by atoms with Crippen LogP contribution in [0.2, 0.25) is 0 Å². The molecule has 0 spiro atoms. The molecule has 17 heavy (non-hydrogen) atoms. The minimum atomic E-state index is -0.154. The molecular formula is C14H28N2O. The molecule has 1 atom stereocenters. The van der Waals surface area contributed by atoms with Gasteiger partial charge in [-0.2, -0.15) is 0 Å². The van der Waals surface area contributed by atoms with Gasteiger partial charge < -0.3 is 11.1 Å². The van der Waals surface area contributed by atoms with Gasteiger partial charge in [-0.1, -0.05) is 20.8 Å². The first kappa shape index (κ1) is 14.5. The fourth-order valence-electron chi connectivity index (χ4n) is 2.70. The molecule has 3 heteroatoms. The molecule has 0 aromatic rings. The van der Waals surface area contributed by atoms with Crippen molar-refractivity contribution in [2.75, 3.05) is 0 Å². The van der Waals surface area contributed by atoms with Crippen molar-refractivity contribution in [2.45, 2.75) is 71.9 Å². The molecule has 1 aliphatic carbocycles. The van der Waals surface area contributed by atoms with Gasteiger partial charge in [0, 0.05) is 18.0 Å². The SMILES string of the molecule is CC(C)(C)CC(C)(C)NC(=O)CC(N)C1CC1. The summed E-state index contributed by atoms with van der Waals surface area (Å²) in [6.45, 7) is 10.7. The van der Waals surface area contributed by atoms with Gasteiger partial charge >= 0.3 is 0 Å². The van der Waals surface area contributed by atoms with Crippen LogP contribution in [0.1, 0.15) is 60.3 Å². The molecule has 0 radical (unpaired) electrons. The third-order valence-corrected chi connectivity index (χ3v) is 3.10. The Morgan fingerprint density at radius 3 is 2.24 bits per heavy atom. The number of hydrogen-bond acceptors (Lipinski definition) is 2. The molecule has 0 saturated heterocycles. The van der Waals surface area contributed by atoms with Gasteiger partial charge in [-0.25, -0.2) is 0 Å². The predicted molar refractivity (Wildman–Crippen MR) is 71.6 cm³/mol. The molecule has 0 aromatic carbocycles. The van der Waals surface area contributed by atoms with E-state index in [0.29, 0.717) is 12.3 Å². The summed E-state index contributed by atoms with van der Waals surface area (Å²) in [4.78, 5) is 11.9. The van der Waals surface area contributed by atoms with Crippen molar-refractivity contribution in [3.8, 4) is 0 Å². The Morgan fingerprint density at radius 1 is 1.29 bits per heavy atom. The molecule has 1 aliphatic rings. The zero-order valence-electron chi connectivity index (χ0n) is 12.0. The number of carbonyl (C=O) groups is 1. The maximum Gasteiger partial charge on any atom is 0.221 e. The van der Waals surface area contributed by atoms with Gasteiger partial charge in [0.25, 0.3) is 0 Å². The predicted octanol–water partition coefficient (Wildman–Crippen LogP) is 2.44. The molecule has 1 amide bonds. The van der Waals surface area contributed by atoms with Crippen molar-refractivity contribution < 1.29 is 4.79 Å². The first-order valence-corrected chi connectivity index (χ1v) is 6.66. The van der Waals surface area contributed by atoms with Gasteiger partial charge in [0.05, 0.1) is 0 Å². The van der Waals surface area contributed by atoms with Crippen LogP contribution in [0.25, 0.3) is 0 Å². The molecule has 3 N–H and O–H groups in total. The van der Waals surface area contributed by atoms with E-state index in [1.54, 1.807) is 0 Å². The normalized spacial score (nSPS) is 18.9. The van der Waals surface area contributed by atoms with E-state index in [-0.39, 0.29) is 22.9 Å². The maximum atomic E-state index is 11.9. The minimum absolute atomic E-state index is 0.0560. The standard InChI is InChI=1S/C14H28N2O/c1-13(2,3)9-14(4,5)16-12(17)8-11(15)10-6-7-10/h10-11H,6-9,15H2,1-5H3,(H,16,17). The maximum absolute atomic E-state index is 11.9. The van der Waals surface area contributed by atoms with Crippen LogP contribution in [0.5, 0.6) is 0 Å². The minimum Gasteiger partial charge on any atom is -0.351 e. The Hall–Kier alpha value is -0.570. The molecule has 1 fully saturated rings. The topological polar surface area (TPSA) is 55.1 Å². The van der Waals surface area contributed by atoms with Crippen LogP contribution < -0.4 is 11.1 Å². The number of nitrogens with one attached hydrogen (secondary N) is 1. The third-order valence-electron chi connectivity index (χ3n) is 3.10. The average Bonchev–Trinajstić information content (AvgIpc) is 2.76. The van der Waals surface area contributed by atoms with E-state index in [2.05, 4.69) is 39.9 Å². The fourth-order valence-corrected chi connectivity index (χ4v) is 2.70. The van der Waals surface area contributed by atoms with Crippen molar-refractivity contribution in [1.29, 1.82) is 0 Å². The zero-order valence-corrected chi connectivity index (χ0v) is 12.0. The number of hydrogen-bond donors (Lipinski definition) is 2. The van der Waals surface area contributed by atoms with E-state index in [0.717, 1.165) is 6.42 Å².